The molecule has 3 heteroatoms. The van der Waals surface area contributed by atoms with Crippen LogP contribution in [0.15, 0.2) is 0 Å². The second-order valence-corrected chi connectivity index (χ2v) is 5.03. The molecule has 0 rings (SSSR count). The molecule has 0 spiro atoms. The van der Waals surface area contributed by atoms with Gasteiger partial charge in [0.1, 0.15) is 5.78 Å². The summed E-state index contributed by atoms with van der Waals surface area (Å²) in [6.07, 6.45) is 5.64. The van der Waals surface area contributed by atoms with E-state index in [1.165, 1.54) is 0 Å². The minimum absolute atomic E-state index is 0.207. The topological polar surface area (TPSA) is 17.1 Å². The number of carbonyl (C=O) groups excluding carboxylic acids is 1. The van der Waals surface area contributed by atoms with Crippen molar-refractivity contribution in [2.75, 3.05) is 11.8 Å². The van der Waals surface area contributed by atoms with Gasteiger partial charge in [0.25, 0.3) is 0 Å². The molecule has 2 unspecified atom stereocenters. The van der Waals surface area contributed by atoms with E-state index in [1.807, 2.05) is 0 Å². The molecule has 16 heavy (non-hydrogen) atoms. The van der Waals surface area contributed by atoms with Crippen LogP contribution in [0.4, 0.5) is 0 Å². The highest BCUT2D eigenvalue weighted by Gasteiger charge is 2.23. The highest BCUT2D eigenvalue weighted by molar-refractivity contribution is 6.18. The summed E-state index contributed by atoms with van der Waals surface area (Å²) in [5.74, 6) is 2.16. The quantitative estimate of drug-likeness (QED) is 0.527. The number of hydrogen-bond acceptors (Lipinski definition) is 1. The molecule has 0 N–H and O–H groups in total. The first-order chi connectivity index (χ1) is 7.71. The lowest BCUT2D eigenvalue weighted by molar-refractivity contribution is -0.127. The van der Waals surface area contributed by atoms with Gasteiger partial charge in [-0.1, -0.05) is 13.8 Å². The van der Waals surface area contributed by atoms with E-state index in [1.54, 1.807) is 0 Å². The summed E-state index contributed by atoms with van der Waals surface area (Å²) in [7, 11) is 0. The summed E-state index contributed by atoms with van der Waals surface area (Å²) < 4.78 is 0. The molecule has 96 valence electrons. The predicted octanol–water partition coefficient (Wildman–Crippen LogP) is 4.65. The van der Waals surface area contributed by atoms with Gasteiger partial charge in [0.15, 0.2) is 0 Å². The number of hydrogen-bond donors (Lipinski definition) is 0. The molecule has 0 aliphatic heterocycles. The molecule has 0 aromatic carbocycles. The fraction of sp³-hybridized carbons (Fsp3) is 0.923. The highest BCUT2D eigenvalue weighted by atomic mass is 35.5. The van der Waals surface area contributed by atoms with Crippen molar-refractivity contribution < 1.29 is 4.79 Å². The van der Waals surface area contributed by atoms with E-state index in [9.17, 15) is 4.79 Å². The number of ketones is 1. The lowest BCUT2D eigenvalue weighted by Crippen LogP contribution is -2.23. The van der Waals surface area contributed by atoms with Gasteiger partial charge in [0.2, 0.25) is 0 Å². The molecule has 0 saturated heterocycles. The van der Waals surface area contributed by atoms with E-state index < -0.39 is 0 Å². The van der Waals surface area contributed by atoms with Crippen molar-refractivity contribution in [3.05, 3.63) is 0 Å². The van der Waals surface area contributed by atoms with E-state index in [0.717, 1.165) is 38.5 Å². The number of Topliss-reactive ketones (excluding diaryl/α,β-unsaturated/α-hetero) is 1. The molecular weight excluding hydrogens is 243 g/mol. The van der Waals surface area contributed by atoms with Crippen LogP contribution in [0.2, 0.25) is 0 Å². The smallest absolute Gasteiger partial charge is 0.139 e. The van der Waals surface area contributed by atoms with Crippen molar-refractivity contribution in [3.8, 4) is 0 Å². The highest BCUT2D eigenvalue weighted by Crippen LogP contribution is 2.23. The van der Waals surface area contributed by atoms with Gasteiger partial charge in [-0.3, -0.25) is 4.79 Å². The summed E-state index contributed by atoms with van der Waals surface area (Å²) >= 11 is 11.4. The Morgan fingerprint density at radius 1 is 0.938 bits per heavy atom. The second-order valence-electron chi connectivity index (χ2n) is 4.28. The first kappa shape index (κ1) is 16.2. The molecule has 1 nitrogen and oxygen atoms in total. The molecule has 0 amide bonds. The normalized spacial score (nSPS) is 14.8. The van der Waals surface area contributed by atoms with Gasteiger partial charge in [-0.25, -0.2) is 0 Å². The number of alkyl halides is 2. The van der Waals surface area contributed by atoms with E-state index in [-0.39, 0.29) is 11.8 Å². The summed E-state index contributed by atoms with van der Waals surface area (Å²) in [5, 5.41) is 0. The van der Waals surface area contributed by atoms with E-state index in [0.29, 0.717) is 17.5 Å². The summed E-state index contributed by atoms with van der Waals surface area (Å²) in [6.45, 7) is 4.18. The molecule has 0 fully saturated rings. The number of halogens is 2. The zero-order valence-electron chi connectivity index (χ0n) is 10.5. The largest absolute Gasteiger partial charge is 0.299 e. The van der Waals surface area contributed by atoms with Crippen LogP contribution < -0.4 is 0 Å². The maximum Gasteiger partial charge on any atom is 0.139 e. The lowest BCUT2D eigenvalue weighted by Gasteiger charge is -2.20. The van der Waals surface area contributed by atoms with Crippen LogP contribution in [0.5, 0.6) is 0 Å². The Kier molecular flexibility index (Phi) is 10.6. The minimum atomic E-state index is 0.207. The van der Waals surface area contributed by atoms with E-state index >= 15 is 0 Å². The molecule has 0 saturated carbocycles. The van der Waals surface area contributed by atoms with Crippen molar-refractivity contribution in [3.63, 3.8) is 0 Å². The molecular formula is C13H24Cl2O. The fourth-order valence-corrected chi connectivity index (χ4v) is 2.38. The van der Waals surface area contributed by atoms with Crippen LogP contribution >= 0.6 is 23.2 Å². The molecule has 0 aromatic heterocycles. The van der Waals surface area contributed by atoms with Crippen LogP contribution in [0, 0.1) is 11.8 Å². The number of carbonyl (C=O) groups is 1. The standard InChI is InChI=1S/C13H24Cl2O/c1-3-11(7-5-9-14)13(16)12(4-2)8-6-10-15/h11-12H,3-10H2,1-2H3. The van der Waals surface area contributed by atoms with E-state index in [4.69, 9.17) is 23.2 Å². The van der Waals surface area contributed by atoms with Crippen molar-refractivity contribution in [1.29, 1.82) is 0 Å². The van der Waals surface area contributed by atoms with Crippen molar-refractivity contribution in [2.45, 2.75) is 52.4 Å². The van der Waals surface area contributed by atoms with Crippen LogP contribution in [-0.2, 0) is 4.79 Å². The average Bonchev–Trinajstić information content (AvgIpc) is 2.31. The van der Waals surface area contributed by atoms with Crippen LogP contribution in [0.25, 0.3) is 0 Å². The molecule has 0 heterocycles. The first-order valence-corrected chi connectivity index (χ1v) is 7.43. The lowest BCUT2D eigenvalue weighted by atomic mass is 9.84. The predicted molar refractivity (Wildman–Crippen MR) is 72.5 cm³/mol. The maximum atomic E-state index is 12.2. The molecule has 0 radical (unpaired) electrons. The molecule has 0 aliphatic carbocycles. The summed E-state index contributed by atoms with van der Waals surface area (Å²) in [6, 6.07) is 0. The Morgan fingerprint density at radius 3 is 1.56 bits per heavy atom. The minimum Gasteiger partial charge on any atom is -0.299 e. The molecule has 0 bridgehead atoms. The Hall–Kier alpha value is 0.250. The van der Waals surface area contributed by atoms with Gasteiger partial charge in [-0.05, 0) is 38.5 Å². The van der Waals surface area contributed by atoms with Crippen LogP contribution in [0.1, 0.15) is 52.4 Å². The summed E-state index contributed by atoms with van der Waals surface area (Å²) in [4.78, 5) is 12.2. The van der Waals surface area contributed by atoms with Gasteiger partial charge in [0.05, 0.1) is 0 Å². The Balaban J connectivity index is 4.20. The Labute approximate surface area is 110 Å². The van der Waals surface area contributed by atoms with Crippen LogP contribution in [0.3, 0.4) is 0 Å². The Morgan fingerprint density at radius 2 is 1.31 bits per heavy atom. The second kappa shape index (κ2) is 10.4. The molecule has 2 atom stereocenters. The van der Waals surface area contributed by atoms with E-state index in [2.05, 4.69) is 13.8 Å². The van der Waals surface area contributed by atoms with Gasteiger partial charge in [0, 0.05) is 23.6 Å². The van der Waals surface area contributed by atoms with Crippen molar-refractivity contribution in [2.24, 2.45) is 11.8 Å². The third-order valence-corrected chi connectivity index (χ3v) is 3.70. The molecule has 0 aromatic rings. The Bertz CT molecular complexity index is 165. The third-order valence-electron chi connectivity index (χ3n) is 3.16. The zero-order chi connectivity index (χ0) is 12.4. The van der Waals surface area contributed by atoms with Crippen molar-refractivity contribution >= 4 is 29.0 Å². The number of rotatable bonds is 10. The first-order valence-electron chi connectivity index (χ1n) is 6.36. The van der Waals surface area contributed by atoms with Gasteiger partial charge >= 0.3 is 0 Å². The van der Waals surface area contributed by atoms with Gasteiger partial charge < -0.3 is 0 Å². The van der Waals surface area contributed by atoms with Gasteiger partial charge in [-0.15, -0.1) is 23.2 Å². The fourth-order valence-electron chi connectivity index (χ4n) is 2.08. The third kappa shape index (κ3) is 6.10. The summed E-state index contributed by atoms with van der Waals surface area (Å²) in [5.41, 5.74) is 0. The zero-order valence-corrected chi connectivity index (χ0v) is 12.0. The van der Waals surface area contributed by atoms with Crippen molar-refractivity contribution in [1.82, 2.24) is 0 Å². The SMILES string of the molecule is CCC(CCCCl)C(=O)C(CC)CCCCl. The average molecular weight is 267 g/mol. The van der Waals surface area contributed by atoms with Gasteiger partial charge in [-0.2, -0.15) is 0 Å². The monoisotopic (exact) mass is 266 g/mol. The molecule has 0 aliphatic rings. The maximum absolute atomic E-state index is 12.2. The van der Waals surface area contributed by atoms with Crippen LogP contribution in [-0.4, -0.2) is 17.5 Å².